The summed E-state index contributed by atoms with van der Waals surface area (Å²) in [6.45, 7) is 6.99. The minimum Gasteiger partial charge on any atom is -0.282 e. The van der Waals surface area contributed by atoms with Gasteiger partial charge >= 0.3 is 0 Å². The summed E-state index contributed by atoms with van der Waals surface area (Å²) in [6.07, 6.45) is 6.33. The molecule has 0 aromatic carbocycles. The standard InChI is InChI=1S/C17H20O2S6/c1-3-14(18)20-8-12-10-22-16(24-12)6-5-7-17-23-11-13(25-17)9-21-15(19)4-2/h3-4,10-11,16-17H,1-2,5-9H2. The van der Waals surface area contributed by atoms with Crippen molar-refractivity contribution in [3.8, 4) is 0 Å². The van der Waals surface area contributed by atoms with Crippen LogP contribution in [0, 0.1) is 0 Å². The van der Waals surface area contributed by atoms with E-state index in [1.54, 1.807) is 0 Å². The van der Waals surface area contributed by atoms with Gasteiger partial charge in [-0.1, -0.05) is 36.7 Å². The highest BCUT2D eigenvalue weighted by molar-refractivity contribution is 8.24. The van der Waals surface area contributed by atoms with E-state index in [9.17, 15) is 9.59 Å². The molecule has 0 N–H and O–H groups in total. The molecule has 0 fully saturated rings. The molecule has 2 rings (SSSR count). The Bertz CT molecular complexity index is 534. The lowest BCUT2D eigenvalue weighted by Crippen LogP contribution is -1.98. The van der Waals surface area contributed by atoms with Crippen LogP contribution in [0.1, 0.15) is 19.3 Å². The third-order valence-electron chi connectivity index (χ3n) is 3.19. The lowest BCUT2D eigenvalue weighted by molar-refractivity contribution is -0.107. The summed E-state index contributed by atoms with van der Waals surface area (Å²) in [6, 6.07) is 0. The van der Waals surface area contributed by atoms with Crippen LogP contribution in [0.15, 0.2) is 45.9 Å². The van der Waals surface area contributed by atoms with Crippen molar-refractivity contribution in [2.75, 3.05) is 11.5 Å². The van der Waals surface area contributed by atoms with Crippen LogP contribution >= 0.6 is 70.6 Å². The first kappa shape index (κ1) is 21.7. The summed E-state index contributed by atoms with van der Waals surface area (Å²) in [5.74, 6) is 1.53. The van der Waals surface area contributed by atoms with Gasteiger partial charge in [0.1, 0.15) is 0 Å². The van der Waals surface area contributed by atoms with E-state index in [-0.39, 0.29) is 10.2 Å². The average Bonchev–Trinajstić information content (AvgIpc) is 3.27. The van der Waals surface area contributed by atoms with E-state index in [0.717, 1.165) is 11.5 Å². The summed E-state index contributed by atoms with van der Waals surface area (Å²) in [7, 11) is 0. The fourth-order valence-corrected chi connectivity index (χ4v) is 9.00. The van der Waals surface area contributed by atoms with Crippen molar-refractivity contribution in [2.24, 2.45) is 0 Å². The summed E-state index contributed by atoms with van der Waals surface area (Å²) in [5.41, 5.74) is 0. The molecule has 8 heteroatoms. The molecule has 2 unspecified atom stereocenters. The third-order valence-corrected chi connectivity index (χ3v) is 11.0. The number of carbonyl (C=O) groups excluding carboxylic acids is 2. The number of thioether (sulfide) groups is 6. The minimum atomic E-state index is 0.0430. The van der Waals surface area contributed by atoms with Crippen molar-refractivity contribution in [3.63, 3.8) is 0 Å². The van der Waals surface area contributed by atoms with E-state index in [1.807, 2.05) is 47.0 Å². The van der Waals surface area contributed by atoms with Crippen LogP contribution < -0.4 is 0 Å². The second-order valence-electron chi connectivity index (χ2n) is 5.09. The van der Waals surface area contributed by atoms with Crippen LogP contribution in [0.25, 0.3) is 0 Å². The van der Waals surface area contributed by atoms with Crippen LogP contribution in [0.5, 0.6) is 0 Å². The van der Waals surface area contributed by atoms with Crippen LogP contribution in [0.3, 0.4) is 0 Å². The van der Waals surface area contributed by atoms with Crippen LogP contribution in [0.4, 0.5) is 0 Å². The van der Waals surface area contributed by atoms with Crippen molar-refractivity contribution in [3.05, 3.63) is 45.9 Å². The first-order chi connectivity index (χ1) is 12.1. The highest BCUT2D eigenvalue weighted by Crippen LogP contribution is 2.46. The Balaban J connectivity index is 1.54. The molecule has 2 aliphatic rings. The molecule has 136 valence electrons. The average molecular weight is 449 g/mol. The molecule has 0 aromatic heterocycles. The van der Waals surface area contributed by atoms with E-state index in [0.29, 0.717) is 9.16 Å². The minimum absolute atomic E-state index is 0.0430. The highest BCUT2D eigenvalue weighted by atomic mass is 32.2. The molecule has 0 bridgehead atoms. The molecule has 0 saturated heterocycles. The Morgan fingerprint density at radius 1 is 0.920 bits per heavy atom. The smallest absolute Gasteiger partial charge is 0.211 e. The van der Waals surface area contributed by atoms with Crippen molar-refractivity contribution >= 4 is 80.8 Å². The lowest BCUT2D eigenvalue weighted by Gasteiger charge is -2.12. The maximum absolute atomic E-state index is 11.3. The Hall–Kier alpha value is 0.400. The predicted octanol–water partition coefficient (Wildman–Crippen LogP) is 6.34. The van der Waals surface area contributed by atoms with Crippen LogP contribution in [0.2, 0.25) is 0 Å². The number of hydrogen-bond acceptors (Lipinski definition) is 8. The zero-order chi connectivity index (χ0) is 18.1. The van der Waals surface area contributed by atoms with Crippen LogP contribution in [-0.4, -0.2) is 30.9 Å². The zero-order valence-corrected chi connectivity index (χ0v) is 18.6. The molecule has 2 atom stereocenters. The van der Waals surface area contributed by atoms with Crippen molar-refractivity contribution < 1.29 is 9.59 Å². The first-order valence-electron chi connectivity index (χ1n) is 7.71. The van der Waals surface area contributed by atoms with Gasteiger partial charge in [0.2, 0.25) is 10.2 Å². The third kappa shape index (κ3) is 8.30. The fourth-order valence-electron chi connectivity index (χ4n) is 2.00. The van der Waals surface area contributed by atoms with Gasteiger partial charge in [-0.2, -0.15) is 0 Å². The van der Waals surface area contributed by atoms with E-state index in [1.165, 1.54) is 64.7 Å². The molecule has 2 heterocycles. The molecule has 0 saturated carbocycles. The fraction of sp³-hybridized carbons (Fsp3) is 0.412. The lowest BCUT2D eigenvalue weighted by atomic mass is 10.3. The number of hydrogen-bond donors (Lipinski definition) is 0. The Labute approximate surface area is 175 Å². The summed E-state index contributed by atoms with van der Waals surface area (Å²) < 4.78 is 1.16. The predicted molar refractivity (Wildman–Crippen MR) is 123 cm³/mol. The van der Waals surface area contributed by atoms with E-state index in [2.05, 4.69) is 24.0 Å². The largest absolute Gasteiger partial charge is 0.282 e. The molecular weight excluding hydrogens is 429 g/mol. The quantitative estimate of drug-likeness (QED) is 0.358. The summed E-state index contributed by atoms with van der Waals surface area (Å²) in [5, 5.41) is 4.49. The Kier molecular flexibility index (Phi) is 10.4. The maximum atomic E-state index is 11.3. The summed E-state index contributed by atoms with van der Waals surface area (Å²) in [4.78, 5) is 25.1. The van der Waals surface area contributed by atoms with E-state index < -0.39 is 0 Å². The molecule has 0 spiro atoms. The molecule has 0 radical (unpaired) electrons. The second kappa shape index (κ2) is 12.0. The molecule has 2 nitrogen and oxygen atoms in total. The van der Waals surface area contributed by atoms with Crippen molar-refractivity contribution in [2.45, 2.75) is 28.4 Å². The topological polar surface area (TPSA) is 34.1 Å². The van der Waals surface area contributed by atoms with Crippen LogP contribution in [-0.2, 0) is 9.59 Å². The second-order valence-corrected chi connectivity index (χ2v) is 12.5. The monoisotopic (exact) mass is 448 g/mol. The normalized spacial score (nSPS) is 22.4. The molecule has 0 amide bonds. The van der Waals surface area contributed by atoms with Gasteiger partial charge in [-0.15, -0.1) is 47.0 Å². The molecule has 0 aliphatic carbocycles. The van der Waals surface area contributed by atoms with Gasteiger partial charge in [-0.3, -0.25) is 9.59 Å². The Morgan fingerprint density at radius 2 is 1.36 bits per heavy atom. The van der Waals surface area contributed by atoms with Gasteiger partial charge in [0.15, 0.2) is 0 Å². The van der Waals surface area contributed by atoms with Gasteiger partial charge in [-0.05, 0) is 42.2 Å². The van der Waals surface area contributed by atoms with Gasteiger partial charge in [0.25, 0.3) is 0 Å². The SMILES string of the molecule is C=CC(=O)SCC1=CSC(CCCC2SC=C(CSC(=O)C=C)S2)S1. The maximum Gasteiger partial charge on any atom is 0.211 e. The van der Waals surface area contributed by atoms with E-state index >= 15 is 0 Å². The highest BCUT2D eigenvalue weighted by Gasteiger charge is 2.22. The van der Waals surface area contributed by atoms with Gasteiger partial charge in [0, 0.05) is 21.3 Å². The first-order valence-corrected chi connectivity index (χ1v) is 13.3. The molecule has 25 heavy (non-hydrogen) atoms. The summed E-state index contributed by atoms with van der Waals surface area (Å²) >= 11 is 10.2. The van der Waals surface area contributed by atoms with Crippen molar-refractivity contribution in [1.29, 1.82) is 0 Å². The van der Waals surface area contributed by atoms with Gasteiger partial charge in [0.05, 0.1) is 9.16 Å². The zero-order valence-electron chi connectivity index (χ0n) is 13.7. The molecular formula is C17H20O2S6. The van der Waals surface area contributed by atoms with Gasteiger partial charge in [-0.25, -0.2) is 0 Å². The molecule has 2 aliphatic heterocycles. The van der Waals surface area contributed by atoms with Gasteiger partial charge < -0.3 is 0 Å². The molecule has 0 aromatic rings. The number of rotatable bonds is 10. The van der Waals surface area contributed by atoms with E-state index in [4.69, 9.17) is 0 Å². The van der Waals surface area contributed by atoms with Crippen molar-refractivity contribution in [1.82, 2.24) is 0 Å². The Morgan fingerprint density at radius 3 is 1.76 bits per heavy atom. The number of carbonyl (C=O) groups is 2.